The summed E-state index contributed by atoms with van der Waals surface area (Å²) in [4.78, 5) is 22.4. The van der Waals surface area contributed by atoms with E-state index < -0.39 is 0 Å². The van der Waals surface area contributed by atoms with E-state index >= 15 is 0 Å². The number of hydrogen-bond acceptors (Lipinski definition) is 5. The summed E-state index contributed by atoms with van der Waals surface area (Å²) < 4.78 is 5.73. The van der Waals surface area contributed by atoms with Crippen molar-refractivity contribution in [1.82, 2.24) is 20.2 Å². The van der Waals surface area contributed by atoms with Crippen molar-refractivity contribution in [2.24, 2.45) is 5.41 Å². The van der Waals surface area contributed by atoms with Crippen LogP contribution in [0.5, 0.6) is 0 Å². The van der Waals surface area contributed by atoms with Crippen molar-refractivity contribution in [1.29, 1.82) is 0 Å². The zero-order valence-corrected chi connectivity index (χ0v) is 13.6. The Bertz CT molecular complexity index is 531. The number of carbonyl (C=O) groups excluding carboxylic acids is 1. The standard InChI is InChI=1S/C17H26N4O2/c22-16-17(3-5-18-6-4-17)11-14(23-16)12-21-9-1-13(2-10-21)15-19-7-8-20-15/h7-8,13-14,18H,1-6,9-12H2,(H,19,20). The fourth-order valence-corrected chi connectivity index (χ4v) is 4.43. The van der Waals surface area contributed by atoms with Crippen LogP contribution in [0, 0.1) is 5.41 Å². The first-order valence-electron chi connectivity index (χ1n) is 8.89. The monoisotopic (exact) mass is 318 g/mol. The third kappa shape index (κ3) is 3.02. The molecule has 0 bridgehead atoms. The Labute approximate surface area is 137 Å². The Kier molecular flexibility index (Phi) is 4.11. The molecule has 3 saturated heterocycles. The number of nitrogens with one attached hydrogen (secondary N) is 2. The van der Waals surface area contributed by atoms with Gasteiger partial charge >= 0.3 is 5.97 Å². The van der Waals surface area contributed by atoms with Gasteiger partial charge in [-0.1, -0.05) is 0 Å². The first kappa shape index (κ1) is 15.1. The largest absolute Gasteiger partial charge is 0.461 e. The van der Waals surface area contributed by atoms with Crippen molar-refractivity contribution in [3.63, 3.8) is 0 Å². The van der Waals surface area contributed by atoms with E-state index in [0.29, 0.717) is 5.92 Å². The Morgan fingerprint density at radius 2 is 2.09 bits per heavy atom. The van der Waals surface area contributed by atoms with E-state index in [1.165, 1.54) is 0 Å². The number of hydrogen-bond donors (Lipinski definition) is 2. The Morgan fingerprint density at radius 3 is 2.78 bits per heavy atom. The molecule has 6 nitrogen and oxygen atoms in total. The molecule has 1 atom stereocenters. The molecular formula is C17H26N4O2. The summed E-state index contributed by atoms with van der Waals surface area (Å²) in [5, 5.41) is 3.34. The molecule has 2 N–H and O–H groups in total. The fraction of sp³-hybridized carbons (Fsp3) is 0.765. The molecule has 4 heterocycles. The molecular weight excluding hydrogens is 292 g/mol. The average molecular weight is 318 g/mol. The predicted octanol–water partition coefficient (Wildman–Crippen LogP) is 1.27. The maximum absolute atomic E-state index is 12.3. The van der Waals surface area contributed by atoms with Crippen molar-refractivity contribution in [2.75, 3.05) is 32.7 Å². The van der Waals surface area contributed by atoms with Gasteiger partial charge in [0.05, 0.1) is 5.41 Å². The number of esters is 1. The lowest BCUT2D eigenvalue weighted by atomic mass is 9.76. The van der Waals surface area contributed by atoms with Crippen LogP contribution in [-0.2, 0) is 9.53 Å². The molecule has 1 unspecified atom stereocenters. The van der Waals surface area contributed by atoms with Crippen molar-refractivity contribution in [3.8, 4) is 0 Å². The van der Waals surface area contributed by atoms with E-state index in [4.69, 9.17) is 4.74 Å². The second-order valence-electron chi connectivity index (χ2n) is 7.31. The number of rotatable bonds is 3. The lowest BCUT2D eigenvalue weighted by Gasteiger charge is -2.33. The van der Waals surface area contributed by atoms with Gasteiger partial charge in [0.2, 0.25) is 0 Å². The molecule has 1 aromatic rings. The molecule has 3 fully saturated rings. The van der Waals surface area contributed by atoms with Crippen LogP contribution in [-0.4, -0.2) is 59.7 Å². The van der Waals surface area contributed by atoms with E-state index in [2.05, 4.69) is 20.2 Å². The molecule has 0 aromatic carbocycles. The molecule has 3 aliphatic heterocycles. The van der Waals surface area contributed by atoms with Crippen LogP contribution >= 0.6 is 0 Å². The number of cyclic esters (lactones) is 1. The van der Waals surface area contributed by atoms with Gasteiger partial charge in [0, 0.05) is 31.3 Å². The van der Waals surface area contributed by atoms with E-state index in [-0.39, 0.29) is 17.5 Å². The zero-order valence-electron chi connectivity index (χ0n) is 13.6. The molecule has 23 heavy (non-hydrogen) atoms. The third-order valence-corrected chi connectivity index (χ3v) is 5.84. The van der Waals surface area contributed by atoms with Gasteiger partial charge in [-0.15, -0.1) is 0 Å². The van der Waals surface area contributed by atoms with Gasteiger partial charge in [0.25, 0.3) is 0 Å². The molecule has 3 aliphatic rings. The Morgan fingerprint density at radius 1 is 1.30 bits per heavy atom. The van der Waals surface area contributed by atoms with E-state index in [1.54, 1.807) is 0 Å². The number of likely N-dealkylation sites (tertiary alicyclic amines) is 1. The topological polar surface area (TPSA) is 70.2 Å². The molecule has 4 rings (SSSR count). The van der Waals surface area contributed by atoms with Gasteiger partial charge in [-0.2, -0.15) is 0 Å². The number of ether oxygens (including phenoxy) is 1. The summed E-state index contributed by atoms with van der Waals surface area (Å²) in [6, 6.07) is 0. The third-order valence-electron chi connectivity index (χ3n) is 5.84. The Hall–Kier alpha value is -1.40. The lowest BCUT2D eigenvalue weighted by molar-refractivity contribution is -0.150. The van der Waals surface area contributed by atoms with Gasteiger partial charge in [0.15, 0.2) is 0 Å². The van der Waals surface area contributed by atoms with Crippen molar-refractivity contribution in [2.45, 2.75) is 44.1 Å². The summed E-state index contributed by atoms with van der Waals surface area (Å²) in [6.07, 6.45) is 8.85. The highest BCUT2D eigenvalue weighted by Gasteiger charge is 2.49. The number of H-pyrrole nitrogens is 1. The molecule has 126 valence electrons. The molecule has 1 aromatic heterocycles. The minimum Gasteiger partial charge on any atom is -0.461 e. The number of imidazole rings is 1. The summed E-state index contributed by atoms with van der Waals surface area (Å²) in [5.41, 5.74) is -0.192. The molecule has 0 amide bonds. The number of aromatic amines is 1. The lowest BCUT2D eigenvalue weighted by Crippen LogP contribution is -2.40. The molecule has 6 heteroatoms. The molecule has 0 radical (unpaired) electrons. The highest BCUT2D eigenvalue weighted by molar-refractivity contribution is 5.79. The van der Waals surface area contributed by atoms with Crippen LogP contribution in [0.1, 0.15) is 43.8 Å². The smallest absolute Gasteiger partial charge is 0.312 e. The van der Waals surface area contributed by atoms with E-state index in [9.17, 15) is 4.79 Å². The zero-order chi connectivity index (χ0) is 15.7. The maximum Gasteiger partial charge on any atom is 0.312 e. The van der Waals surface area contributed by atoms with Gasteiger partial charge in [-0.25, -0.2) is 4.98 Å². The summed E-state index contributed by atoms with van der Waals surface area (Å²) >= 11 is 0. The highest BCUT2D eigenvalue weighted by Crippen LogP contribution is 2.42. The molecule has 1 spiro atoms. The van der Waals surface area contributed by atoms with Gasteiger partial charge in [-0.05, 0) is 51.9 Å². The first-order chi connectivity index (χ1) is 11.3. The quantitative estimate of drug-likeness (QED) is 0.822. The second-order valence-corrected chi connectivity index (χ2v) is 7.31. The average Bonchev–Trinajstić information content (AvgIpc) is 3.19. The predicted molar refractivity (Wildman–Crippen MR) is 86.0 cm³/mol. The summed E-state index contributed by atoms with van der Waals surface area (Å²) in [7, 11) is 0. The van der Waals surface area contributed by atoms with Crippen LogP contribution < -0.4 is 5.32 Å². The minimum absolute atomic E-state index is 0.0504. The van der Waals surface area contributed by atoms with E-state index in [1.807, 2.05) is 12.4 Å². The fourth-order valence-electron chi connectivity index (χ4n) is 4.43. The van der Waals surface area contributed by atoms with Crippen LogP contribution in [0.15, 0.2) is 12.4 Å². The van der Waals surface area contributed by atoms with Gasteiger partial charge in [0.1, 0.15) is 11.9 Å². The van der Waals surface area contributed by atoms with Crippen molar-refractivity contribution < 1.29 is 9.53 Å². The van der Waals surface area contributed by atoms with E-state index in [0.717, 1.165) is 70.7 Å². The second kappa shape index (κ2) is 6.24. The first-order valence-corrected chi connectivity index (χ1v) is 8.89. The number of carbonyl (C=O) groups is 1. The highest BCUT2D eigenvalue weighted by atomic mass is 16.6. The number of nitrogens with zero attached hydrogens (tertiary/aromatic N) is 2. The Balaban J connectivity index is 1.29. The molecule has 0 saturated carbocycles. The summed E-state index contributed by atoms with van der Waals surface area (Å²) in [6.45, 7) is 4.90. The van der Waals surface area contributed by atoms with Crippen LogP contribution in [0.25, 0.3) is 0 Å². The van der Waals surface area contributed by atoms with Crippen molar-refractivity contribution in [3.05, 3.63) is 18.2 Å². The van der Waals surface area contributed by atoms with Crippen LogP contribution in [0.4, 0.5) is 0 Å². The van der Waals surface area contributed by atoms with Gasteiger partial charge in [-0.3, -0.25) is 9.69 Å². The van der Waals surface area contributed by atoms with Crippen LogP contribution in [0.2, 0.25) is 0 Å². The van der Waals surface area contributed by atoms with Crippen molar-refractivity contribution >= 4 is 5.97 Å². The summed E-state index contributed by atoms with van der Waals surface area (Å²) in [5.74, 6) is 1.71. The van der Waals surface area contributed by atoms with Crippen LogP contribution in [0.3, 0.4) is 0 Å². The molecule has 0 aliphatic carbocycles. The number of aromatic nitrogens is 2. The number of piperidine rings is 2. The SMILES string of the molecule is O=C1OC(CN2CCC(c3ncc[nH]3)CC2)CC12CCNCC2. The minimum atomic E-state index is -0.192. The normalized spacial score (nSPS) is 29.0. The maximum atomic E-state index is 12.3. The van der Waals surface area contributed by atoms with Gasteiger partial charge < -0.3 is 15.0 Å².